The van der Waals surface area contributed by atoms with Crippen LogP contribution in [-0.2, 0) is 75.5 Å². The fourth-order valence-corrected chi connectivity index (χ4v) is 17.4. The van der Waals surface area contributed by atoms with Crippen molar-refractivity contribution in [3.8, 4) is 0 Å². The Balaban J connectivity index is 0.000000134. The van der Waals surface area contributed by atoms with Gasteiger partial charge in [-0.25, -0.2) is 29.3 Å². The number of nitrogens with zero attached hydrogens (tertiary/aromatic N) is 13. The summed E-state index contributed by atoms with van der Waals surface area (Å²) in [4.78, 5) is 101. The molecule has 0 radical (unpaired) electrons. The molecule has 4 amide bonds. The van der Waals surface area contributed by atoms with Crippen LogP contribution in [0, 0.1) is 5.92 Å². The molecule has 6 aromatic heterocycles. The van der Waals surface area contributed by atoms with Gasteiger partial charge in [0, 0.05) is 135 Å². The Morgan fingerprint density at radius 2 is 1.18 bits per heavy atom. The molecule has 0 unspecified atom stereocenters. The van der Waals surface area contributed by atoms with E-state index in [2.05, 4.69) is 78.5 Å². The van der Waals surface area contributed by atoms with Crippen LogP contribution < -0.4 is 25.6 Å². The lowest BCUT2D eigenvalue weighted by molar-refractivity contribution is -0.129. The molecule has 0 bridgehead atoms. The van der Waals surface area contributed by atoms with Crippen molar-refractivity contribution in [2.24, 2.45) is 5.92 Å². The third kappa shape index (κ3) is 14.8. The van der Waals surface area contributed by atoms with Gasteiger partial charge in [-0.2, -0.15) is 5.10 Å². The van der Waals surface area contributed by atoms with Crippen LogP contribution in [0.15, 0.2) is 115 Å². The number of carbonyl (C=O) groups is 5. The van der Waals surface area contributed by atoms with Crippen molar-refractivity contribution in [1.82, 2.24) is 58.2 Å². The first kappa shape index (κ1) is 72.8. The number of aromatic amines is 1. The van der Waals surface area contributed by atoms with Gasteiger partial charge in [-0.1, -0.05) is 18.6 Å². The number of Topliss-reactive ketones (excluding diaryl/α,β-unsaturated/α-hetero) is 1. The van der Waals surface area contributed by atoms with Crippen LogP contribution in [0.1, 0.15) is 163 Å². The minimum atomic E-state index is -0.367. The van der Waals surface area contributed by atoms with Gasteiger partial charge in [0.15, 0.2) is 0 Å². The number of aliphatic hydroxyl groups is 1. The molecule has 10 heterocycles. The number of rotatable bonds is 15. The molecule has 2 aliphatic carbocycles. The summed E-state index contributed by atoms with van der Waals surface area (Å²) in [6, 6.07) is 28.5. The summed E-state index contributed by atoms with van der Waals surface area (Å²) in [6.07, 6.45) is 22.2. The number of ketones is 1. The van der Waals surface area contributed by atoms with Gasteiger partial charge in [0.05, 0.1) is 90.7 Å². The second-order valence-electron chi connectivity index (χ2n) is 29.6. The zero-order chi connectivity index (χ0) is 73.9. The molecular formula is C81H99N15O10. The van der Waals surface area contributed by atoms with E-state index in [1.54, 1.807) is 50.7 Å². The number of nitrogens with one attached hydrogen (secondary N) is 2. The van der Waals surface area contributed by atoms with Gasteiger partial charge in [0.1, 0.15) is 23.3 Å². The summed E-state index contributed by atoms with van der Waals surface area (Å²) in [5.74, 6) is 3.37. The van der Waals surface area contributed by atoms with Crippen molar-refractivity contribution in [1.29, 1.82) is 0 Å². The molecule has 25 heteroatoms. The molecule has 3 fully saturated rings. The highest BCUT2D eigenvalue weighted by Gasteiger charge is 2.37. The lowest BCUT2D eigenvalue weighted by Gasteiger charge is -2.34. The highest BCUT2D eigenvalue weighted by Crippen LogP contribution is 2.44. The fourth-order valence-electron chi connectivity index (χ4n) is 17.4. The number of amides is 4. The van der Waals surface area contributed by atoms with Crippen LogP contribution in [0.3, 0.4) is 0 Å². The van der Waals surface area contributed by atoms with E-state index in [9.17, 15) is 33.9 Å². The number of benzene rings is 4. The van der Waals surface area contributed by atoms with E-state index in [1.807, 2.05) is 66.2 Å². The molecule has 2 saturated carbocycles. The number of carbonyl (C=O) groups excluding carboxylic acids is 5. The highest BCUT2D eigenvalue weighted by molar-refractivity contribution is 5.98. The van der Waals surface area contributed by atoms with Crippen molar-refractivity contribution < 1.29 is 43.3 Å². The lowest BCUT2D eigenvalue weighted by Crippen LogP contribution is -2.42. The van der Waals surface area contributed by atoms with E-state index in [4.69, 9.17) is 29.2 Å². The quantitative estimate of drug-likeness (QED) is 0.0636. The molecule has 4 aliphatic heterocycles. The average molecular weight is 1440 g/mol. The van der Waals surface area contributed by atoms with Crippen molar-refractivity contribution >= 4 is 91.0 Å². The van der Waals surface area contributed by atoms with Gasteiger partial charge < -0.3 is 52.8 Å². The van der Waals surface area contributed by atoms with Crippen molar-refractivity contribution in [2.75, 3.05) is 62.2 Å². The predicted octanol–water partition coefficient (Wildman–Crippen LogP) is 12.6. The van der Waals surface area contributed by atoms with Gasteiger partial charge in [-0.3, -0.25) is 33.8 Å². The smallest absolute Gasteiger partial charge is 0.414 e. The van der Waals surface area contributed by atoms with Crippen LogP contribution >= 0.6 is 0 Å². The van der Waals surface area contributed by atoms with Crippen molar-refractivity contribution in [3.05, 3.63) is 160 Å². The molecule has 106 heavy (non-hydrogen) atoms. The lowest BCUT2D eigenvalue weighted by atomic mass is 9.83. The summed E-state index contributed by atoms with van der Waals surface area (Å²) in [5, 5.41) is 19.2. The maximum atomic E-state index is 12.7. The van der Waals surface area contributed by atoms with E-state index >= 15 is 0 Å². The SMILES string of the molecule is COC(=O)N1c2ccc3c(nc(CCn4cccn4)n3CCNCC(=O)N3CCCC3)c2CC[C@@H]1C.COC(=O)N1c2ccc3c(nc(Cc4ccc5[nH]ccc5c4)n3[C@@H]3CCC[C@@H](C(C)=O)C3)c2CC[C@@H]1C.COC(=O)N1c2ccc3c(nc(Cn4ccccc4=O)n3[C@@H]3CCC[C@@H](O)C3)c2CC[C@@H]1C. The highest BCUT2D eigenvalue weighted by atomic mass is 16.6. The molecule has 16 rings (SSSR count). The number of aliphatic hydroxyl groups excluding tert-OH is 1. The zero-order valence-corrected chi connectivity index (χ0v) is 62.0. The average Bonchev–Trinajstić information content (AvgIpc) is 1.57. The van der Waals surface area contributed by atoms with Gasteiger partial charge in [0.2, 0.25) is 5.91 Å². The number of H-pyrrole nitrogens is 1. The Kier molecular flexibility index (Phi) is 21.9. The Morgan fingerprint density at radius 3 is 1.76 bits per heavy atom. The molecule has 3 N–H and O–H groups in total. The molecular weight excluding hydrogens is 1340 g/mol. The topological polar surface area (TPSA) is 267 Å². The number of ether oxygens (including phenoxy) is 3. The van der Waals surface area contributed by atoms with Crippen LogP contribution in [0.25, 0.3) is 44.0 Å². The maximum Gasteiger partial charge on any atom is 0.414 e. The third-order valence-electron chi connectivity index (χ3n) is 22.9. The summed E-state index contributed by atoms with van der Waals surface area (Å²) in [7, 11) is 4.26. The maximum absolute atomic E-state index is 12.7. The first-order valence-corrected chi connectivity index (χ1v) is 38.0. The minimum Gasteiger partial charge on any atom is -0.452 e. The molecule has 10 aromatic rings. The normalized spacial score (nSPS) is 20.7. The summed E-state index contributed by atoms with van der Waals surface area (Å²) >= 11 is 0. The number of pyridine rings is 1. The van der Waals surface area contributed by atoms with Crippen molar-refractivity contribution in [2.45, 2.75) is 199 Å². The number of fused-ring (bicyclic) bond motifs is 10. The van der Waals surface area contributed by atoms with Crippen LogP contribution in [0.5, 0.6) is 0 Å². The Bertz CT molecular complexity index is 4930. The Hall–Kier alpha value is -10.1. The molecule has 7 atom stereocenters. The summed E-state index contributed by atoms with van der Waals surface area (Å²) < 4.78 is 25.7. The number of methoxy groups -OCH3 is 3. The number of imidazole rings is 3. The fraction of sp³-hybridized carbons (Fsp3) is 0.481. The summed E-state index contributed by atoms with van der Waals surface area (Å²) in [6.45, 7) is 12.4. The van der Waals surface area contributed by atoms with E-state index in [1.165, 1.54) is 32.3 Å². The standard InChI is InChI=1S/C30H34N4O3.C26H35N7O3.C25H30N4O4/c1-18-7-9-24-26(33(18)30(36)37-3)11-12-27-29(24)32-28(16-20-8-10-25-22(15-20)13-14-31-25)34(27)23-6-4-5-21(17-23)19(2)35;1-19-6-7-20-21(33(19)26(35)36-2)8-9-22-25(20)29-23(10-16-31-15-5-11-28-31)32(22)17-12-27-18-24(34)30-13-3-4-14-30;1-16-9-10-19-20(28(16)25(32)33-2)11-12-21-24(19)26-22(15-27-13-4-3-8-23(27)31)29(21)17-6-5-7-18(30)14-17/h8,10-15,18,21,23,31H,4-7,9,16-17H2,1-3H3;5,8-9,11,15,19,27H,3-4,6-7,10,12-14,16-18H2,1-2H3;3-4,8,11-13,16-18,30H,5-7,9-10,14-15H2,1-2H3/t18-,21+,23+;19-;16-,17+,18+/m000/s1. The van der Waals surface area contributed by atoms with E-state index in [0.717, 1.165) is 212 Å². The number of likely N-dealkylation sites (tertiary alicyclic amines) is 1. The molecule has 0 spiro atoms. The number of aromatic nitrogens is 10. The van der Waals surface area contributed by atoms with Crippen LogP contribution in [-0.4, -0.2) is 160 Å². The number of aryl methyl sites for hydroxylation is 5. The third-order valence-corrected chi connectivity index (χ3v) is 22.9. The van der Waals surface area contributed by atoms with E-state index in [0.29, 0.717) is 39.0 Å². The number of hydrogen-bond acceptors (Lipinski definition) is 15. The summed E-state index contributed by atoms with van der Waals surface area (Å²) in [5.41, 5.74) is 14.0. The minimum absolute atomic E-state index is 0.0420. The van der Waals surface area contributed by atoms with Gasteiger partial charge in [0.25, 0.3) is 5.56 Å². The number of anilines is 3. The molecule has 558 valence electrons. The largest absolute Gasteiger partial charge is 0.452 e. The Morgan fingerprint density at radius 1 is 0.604 bits per heavy atom. The first-order valence-electron chi connectivity index (χ1n) is 38.0. The predicted molar refractivity (Wildman–Crippen MR) is 408 cm³/mol. The zero-order valence-electron chi connectivity index (χ0n) is 62.0. The first-order chi connectivity index (χ1) is 51.5. The molecule has 4 aromatic carbocycles. The molecule has 6 aliphatic rings. The van der Waals surface area contributed by atoms with E-state index < -0.39 is 0 Å². The van der Waals surface area contributed by atoms with Gasteiger partial charge in [-0.15, -0.1) is 0 Å². The van der Waals surface area contributed by atoms with Crippen molar-refractivity contribution in [3.63, 3.8) is 0 Å². The monoisotopic (exact) mass is 1440 g/mol. The van der Waals surface area contributed by atoms with Gasteiger partial charge >= 0.3 is 18.3 Å². The number of hydrogen-bond donors (Lipinski definition) is 3. The van der Waals surface area contributed by atoms with E-state index in [-0.39, 0.29) is 77.8 Å². The molecule has 25 nitrogen and oxygen atoms in total. The Labute approximate surface area is 616 Å². The van der Waals surface area contributed by atoms with Crippen LogP contribution in [0.2, 0.25) is 0 Å². The molecule has 1 saturated heterocycles. The second-order valence-corrected chi connectivity index (χ2v) is 29.6. The second kappa shape index (κ2) is 31.9. The van der Waals surface area contributed by atoms with Gasteiger partial charge in [-0.05, 0) is 202 Å². The van der Waals surface area contributed by atoms with Crippen LogP contribution in [0.4, 0.5) is 31.4 Å².